The predicted molar refractivity (Wildman–Crippen MR) is 329 cm³/mol. The Morgan fingerprint density at radius 2 is 0.893 bits per heavy atom. The van der Waals surface area contributed by atoms with Crippen LogP contribution in [0.1, 0.15) is 213 Å². The second kappa shape index (κ2) is 16.0. The smallest absolute Gasteiger partial charge is 0.254 e. The highest BCUT2D eigenvalue weighted by molar-refractivity contribution is 7.26. The molecule has 1 aromatic heterocycles. The molecule has 0 spiro atoms. The highest BCUT2D eigenvalue weighted by Gasteiger charge is 2.49. The Hall–Kier alpha value is -5.06. The maximum absolute atomic E-state index is 2.80. The minimum atomic E-state index is 0.000644. The maximum atomic E-state index is 2.80. The highest BCUT2D eigenvalue weighted by atomic mass is 32.1. The first-order chi connectivity index (χ1) is 34.8. The molecule has 0 saturated heterocycles. The topological polar surface area (TPSA) is 6.48 Å². The summed E-state index contributed by atoms with van der Waals surface area (Å²) >= 11 is 2.01. The summed E-state index contributed by atoms with van der Waals surface area (Å²) in [5.41, 5.74) is 27.0. The fourth-order valence-electron chi connectivity index (χ4n) is 14.6. The van der Waals surface area contributed by atoms with Gasteiger partial charge in [0.1, 0.15) is 0 Å². The molecule has 3 aliphatic carbocycles. The molecule has 0 fully saturated rings. The Morgan fingerprint density at radius 3 is 1.44 bits per heavy atom. The lowest BCUT2D eigenvalue weighted by atomic mass is 9.33. The van der Waals surface area contributed by atoms with E-state index in [2.05, 4.69) is 238 Å². The van der Waals surface area contributed by atoms with Crippen molar-refractivity contribution < 1.29 is 0 Å². The second-order valence-corrected chi connectivity index (χ2v) is 31.4. The lowest BCUT2D eigenvalue weighted by Crippen LogP contribution is -2.61. The average Bonchev–Trinajstić information content (AvgIpc) is 3.73. The van der Waals surface area contributed by atoms with Gasteiger partial charge in [0, 0.05) is 33.0 Å². The molecule has 388 valence electrons. The summed E-state index contributed by atoms with van der Waals surface area (Å²) in [6.07, 6.45) is 7.06. The molecule has 12 rings (SSSR count). The molecule has 3 heterocycles. The molecule has 0 bridgehead atoms. The number of hydrogen-bond acceptors (Lipinski definition) is 3. The number of benzene rings is 6. The van der Waals surface area contributed by atoms with Crippen LogP contribution in [0.2, 0.25) is 0 Å². The molecule has 0 unspecified atom stereocenters. The van der Waals surface area contributed by atoms with Crippen LogP contribution in [0.4, 0.5) is 33.4 Å². The van der Waals surface area contributed by atoms with Gasteiger partial charge in [-0.15, -0.1) is 11.3 Å². The van der Waals surface area contributed by atoms with Crippen LogP contribution in [-0.2, 0) is 43.3 Å². The summed E-state index contributed by atoms with van der Waals surface area (Å²) in [7, 11) is 0. The Balaban J connectivity index is 1.24. The molecule has 7 aromatic rings. The summed E-state index contributed by atoms with van der Waals surface area (Å²) in [5, 5.41) is 2.77. The van der Waals surface area contributed by atoms with E-state index in [1.165, 1.54) is 153 Å². The molecule has 0 atom stereocenters. The molecule has 2 aliphatic heterocycles. The van der Waals surface area contributed by atoms with Crippen molar-refractivity contribution in [3.8, 4) is 11.1 Å². The Morgan fingerprint density at radius 1 is 0.427 bits per heavy atom. The maximum Gasteiger partial charge on any atom is 0.254 e. The zero-order valence-corrected chi connectivity index (χ0v) is 50.2. The molecule has 0 saturated carbocycles. The van der Waals surface area contributed by atoms with Crippen LogP contribution in [0.15, 0.2) is 97.1 Å². The van der Waals surface area contributed by atoms with Crippen molar-refractivity contribution >= 4 is 78.0 Å². The van der Waals surface area contributed by atoms with Gasteiger partial charge in [-0.05, 0) is 215 Å². The van der Waals surface area contributed by atoms with Gasteiger partial charge < -0.3 is 9.80 Å². The molecule has 4 heteroatoms. The van der Waals surface area contributed by atoms with E-state index in [-0.39, 0.29) is 50.0 Å². The minimum Gasteiger partial charge on any atom is -0.311 e. The molecule has 2 nitrogen and oxygen atoms in total. The number of rotatable bonds is 3. The first-order valence-corrected chi connectivity index (χ1v) is 29.6. The van der Waals surface area contributed by atoms with Crippen molar-refractivity contribution in [2.45, 2.75) is 213 Å². The Kier molecular flexibility index (Phi) is 10.8. The van der Waals surface area contributed by atoms with Crippen LogP contribution in [0, 0.1) is 6.92 Å². The standard InChI is InChI=1S/C71H85BN2S/c1-42-34-58-62-59(35-42)74(56-40-53-51(68(12,13)30-32-70(53,16)17)38-47(56)43-20-22-44(23-21-43)64(2,3)4)57-41-54-52(69(14,15)31-33-71(54,18)19)39-55(57)72(62)61-48-36-45(65(5,6)7)24-27-60(48)75-63(61)73(58)46-25-26-49-50(37-46)67(10,11)29-28-66(49,8)9/h20-27,34-41H,28-33H2,1-19H3. The Labute approximate surface area is 456 Å². The van der Waals surface area contributed by atoms with Gasteiger partial charge in [-0.2, -0.15) is 0 Å². The number of hydrogen-bond donors (Lipinski definition) is 0. The summed E-state index contributed by atoms with van der Waals surface area (Å²) in [4.78, 5) is 5.54. The highest BCUT2D eigenvalue weighted by Crippen LogP contribution is 2.57. The zero-order valence-electron chi connectivity index (χ0n) is 49.4. The van der Waals surface area contributed by atoms with Crippen molar-refractivity contribution in [3.63, 3.8) is 0 Å². The second-order valence-electron chi connectivity index (χ2n) is 30.3. The molecule has 75 heavy (non-hydrogen) atoms. The molecule has 5 aliphatic rings. The van der Waals surface area contributed by atoms with Crippen molar-refractivity contribution in [3.05, 3.63) is 147 Å². The van der Waals surface area contributed by atoms with Crippen LogP contribution in [0.25, 0.3) is 21.2 Å². The van der Waals surface area contributed by atoms with Gasteiger partial charge in [0.2, 0.25) is 0 Å². The van der Waals surface area contributed by atoms with Gasteiger partial charge in [-0.25, -0.2) is 0 Å². The van der Waals surface area contributed by atoms with Gasteiger partial charge >= 0.3 is 0 Å². The molecule has 0 N–H and O–H groups in total. The number of thiophene rings is 1. The lowest BCUT2D eigenvalue weighted by molar-refractivity contribution is 0.332. The first-order valence-electron chi connectivity index (χ1n) is 28.7. The largest absolute Gasteiger partial charge is 0.311 e. The summed E-state index contributed by atoms with van der Waals surface area (Å²) in [5.74, 6) is 0. The van der Waals surface area contributed by atoms with Gasteiger partial charge in [-0.1, -0.05) is 173 Å². The fraction of sp³-hybridized carbons (Fsp3) is 0.465. The number of aryl methyl sites for hydroxylation is 1. The quantitative estimate of drug-likeness (QED) is 0.163. The van der Waals surface area contributed by atoms with Crippen LogP contribution >= 0.6 is 11.3 Å². The van der Waals surface area contributed by atoms with Gasteiger partial charge in [0.05, 0.1) is 10.7 Å². The molecule has 6 aromatic carbocycles. The van der Waals surface area contributed by atoms with Crippen molar-refractivity contribution in [1.29, 1.82) is 0 Å². The fourth-order valence-corrected chi connectivity index (χ4v) is 15.8. The summed E-state index contributed by atoms with van der Waals surface area (Å²) in [6.45, 7) is 46.5. The first kappa shape index (κ1) is 50.7. The van der Waals surface area contributed by atoms with E-state index in [1.54, 1.807) is 0 Å². The molecular formula is C71H85BN2S. The minimum absolute atomic E-state index is 0.000644. The van der Waals surface area contributed by atoms with E-state index in [0.717, 1.165) is 6.42 Å². The third-order valence-corrected chi connectivity index (χ3v) is 21.2. The molecule has 0 amide bonds. The third-order valence-electron chi connectivity index (χ3n) is 20.0. The monoisotopic (exact) mass is 1010 g/mol. The third kappa shape index (κ3) is 7.73. The predicted octanol–water partition coefficient (Wildman–Crippen LogP) is 18.6. The van der Waals surface area contributed by atoms with Crippen LogP contribution < -0.4 is 26.2 Å². The Bertz CT molecular complexity index is 3540. The molecular weight excluding hydrogens is 924 g/mol. The van der Waals surface area contributed by atoms with Crippen LogP contribution in [-0.4, -0.2) is 6.71 Å². The zero-order chi connectivity index (χ0) is 53.7. The number of anilines is 6. The van der Waals surface area contributed by atoms with Gasteiger partial charge in [0.15, 0.2) is 0 Å². The summed E-state index contributed by atoms with van der Waals surface area (Å²) < 4.78 is 1.37. The van der Waals surface area contributed by atoms with Gasteiger partial charge in [-0.3, -0.25) is 0 Å². The van der Waals surface area contributed by atoms with Gasteiger partial charge in [0.25, 0.3) is 6.71 Å². The van der Waals surface area contributed by atoms with Crippen molar-refractivity contribution in [1.82, 2.24) is 0 Å². The molecule has 0 radical (unpaired) electrons. The lowest BCUT2D eigenvalue weighted by Gasteiger charge is -2.48. The number of fused-ring (bicyclic) bond motifs is 9. The SMILES string of the molecule is Cc1cc2c3c(c1)N(c1ccc4c(c1)C(C)(C)CCC4(C)C)c1sc4ccc(C(C)(C)C)cc4c1B3c1cc3c(cc1N2c1cc2c(cc1-c1ccc(C(C)(C)C)cc1)C(C)(C)CCC2(C)C)C(C)(C)CCC3(C)C. The van der Waals surface area contributed by atoms with Crippen LogP contribution in [0.3, 0.4) is 0 Å². The van der Waals surface area contributed by atoms with E-state index in [9.17, 15) is 0 Å². The number of nitrogens with zero attached hydrogens (tertiary/aromatic N) is 2. The van der Waals surface area contributed by atoms with E-state index in [0.29, 0.717) is 0 Å². The van der Waals surface area contributed by atoms with E-state index in [4.69, 9.17) is 0 Å². The normalized spacial score (nSPS) is 20.2. The van der Waals surface area contributed by atoms with E-state index < -0.39 is 0 Å². The summed E-state index contributed by atoms with van der Waals surface area (Å²) in [6, 6.07) is 40.6. The van der Waals surface area contributed by atoms with E-state index in [1.807, 2.05) is 11.3 Å². The average molecular weight is 1010 g/mol. The van der Waals surface area contributed by atoms with E-state index >= 15 is 0 Å². The van der Waals surface area contributed by atoms with Crippen LogP contribution in [0.5, 0.6) is 0 Å². The van der Waals surface area contributed by atoms with Crippen molar-refractivity contribution in [2.24, 2.45) is 0 Å². The van der Waals surface area contributed by atoms with Crippen molar-refractivity contribution in [2.75, 3.05) is 9.80 Å².